The first-order valence-corrected chi connectivity index (χ1v) is 11.5. The highest BCUT2D eigenvalue weighted by atomic mass is 16.6. The zero-order valence-corrected chi connectivity index (χ0v) is 18.5. The van der Waals surface area contributed by atoms with E-state index in [1.54, 1.807) is 6.92 Å². The maximum atomic E-state index is 11.4. The molecule has 0 rings (SSSR count). The summed E-state index contributed by atoms with van der Waals surface area (Å²) in [5.41, 5.74) is 0.444. The molecule has 0 unspecified atom stereocenters. The van der Waals surface area contributed by atoms with Crippen LogP contribution in [0.5, 0.6) is 0 Å². The third kappa shape index (κ3) is 18.3. The fourth-order valence-corrected chi connectivity index (χ4v) is 3.30. The van der Waals surface area contributed by atoms with Crippen LogP contribution in [-0.4, -0.2) is 25.8 Å². The van der Waals surface area contributed by atoms with Gasteiger partial charge in [0, 0.05) is 12.2 Å². The number of unbranched alkanes of at least 4 members (excludes halogenated alkanes) is 10. The molecule has 0 fully saturated rings. The summed E-state index contributed by atoms with van der Waals surface area (Å²) in [5, 5.41) is 0. The van der Waals surface area contributed by atoms with Crippen LogP contribution in [0, 0.1) is 5.92 Å². The average molecular weight is 383 g/mol. The first-order valence-electron chi connectivity index (χ1n) is 11.5. The van der Waals surface area contributed by atoms with Crippen molar-refractivity contribution in [1.29, 1.82) is 0 Å². The molecule has 3 nitrogen and oxygen atoms in total. The van der Waals surface area contributed by atoms with Crippen LogP contribution in [0.15, 0.2) is 12.2 Å². The number of ether oxygens (including phenoxy) is 2. The summed E-state index contributed by atoms with van der Waals surface area (Å²) < 4.78 is 10.9. The minimum Gasteiger partial charge on any atom is -0.460 e. The average Bonchev–Trinajstić information content (AvgIpc) is 2.65. The lowest BCUT2D eigenvalue weighted by Crippen LogP contribution is -2.15. The molecule has 0 atom stereocenters. The van der Waals surface area contributed by atoms with E-state index in [4.69, 9.17) is 9.47 Å². The maximum Gasteiger partial charge on any atom is 0.333 e. The van der Waals surface area contributed by atoms with E-state index in [1.807, 2.05) is 0 Å². The third-order valence-corrected chi connectivity index (χ3v) is 5.09. The Morgan fingerprint density at radius 3 is 1.74 bits per heavy atom. The van der Waals surface area contributed by atoms with Gasteiger partial charge in [-0.1, -0.05) is 97.5 Å². The van der Waals surface area contributed by atoms with Crippen LogP contribution in [0.3, 0.4) is 0 Å². The standard InChI is InChI=1S/C24H46O3/c1-5-7-9-11-13-15-17-23(18-16-14-12-10-8-6-2)21-26-19-20-27-24(25)22(3)4/h23H,3,5-21H2,1-2,4H3. The summed E-state index contributed by atoms with van der Waals surface area (Å²) >= 11 is 0. The van der Waals surface area contributed by atoms with Crippen molar-refractivity contribution in [2.75, 3.05) is 19.8 Å². The van der Waals surface area contributed by atoms with Crippen LogP contribution >= 0.6 is 0 Å². The van der Waals surface area contributed by atoms with Gasteiger partial charge in [-0.05, 0) is 25.7 Å². The molecule has 0 aromatic heterocycles. The fourth-order valence-electron chi connectivity index (χ4n) is 3.30. The molecule has 0 bridgehead atoms. The lowest BCUT2D eigenvalue weighted by atomic mass is 9.95. The van der Waals surface area contributed by atoms with E-state index >= 15 is 0 Å². The van der Waals surface area contributed by atoms with Gasteiger partial charge in [-0.15, -0.1) is 0 Å². The van der Waals surface area contributed by atoms with Crippen LogP contribution in [0.25, 0.3) is 0 Å². The van der Waals surface area contributed by atoms with Gasteiger partial charge in [-0.2, -0.15) is 0 Å². The van der Waals surface area contributed by atoms with Gasteiger partial charge < -0.3 is 9.47 Å². The van der Waals surface area contributed by atoms with Gasteiger partial charge in [0.2, 0.25) is 0 Å². The summed E-state index contributed by atoms with van der Waals surface area (Å²) in [7, 11) is 0. The topological polar surface area (TPSA) is 35.5 Å². The summed E-state index contributed by atoms with van der Waals surface area (Å²) in [6.45, 7) is 11.4. The summed E-state index contributed by atoms with van der Waals surface area (Å²) in [6, 6.07) is 0. The molecule has 0 aliphatic heterocycles. The molecule has 0 aliphatic rings. The summed E-state index contributed by atoms with van der Waals surface area (Å²) in [5.74, 6) is 0.327. The van der Waals surface area contributed by atoms with Gasteiger partial charge in [0.15, 0.2) is 0 Å². The Bertz CT molecular complexity index is 336. The molecule has 0 radical (unpaired) electrons. The number of hydrogen-bond acceptors (Lipinski definition) is 3. The van der Waals surface area contributed by atoms with Crippen molar-refractivity contribution in [2.24, 2.45) is 5.92 Å². The van der Waals surface area contributed by atoms with Crippen molar-refractivity contribution in [3.05, 3.63) is 12.2 Å². The van der Waals surface area contributed by atoms with E-state index in [1.165, 1.54) is 89.9 Å². The molecule has 0 aromatic carbocycles. The fraction of sp³-hybridized carbons (Fsp3) is 0.875. The van der Waals surface area contributed by atoms with Crippen molar-refractivity contribution in [1.82, 2.24) is 0 Å². The van der Waals surface area contributed by atoms with E-state index in [0.29, 0.717) is 24.7 Å². The monoisotopic (exact) mass is 382 g/mol. The summed E-state index contributed by atoms with van der Waals surface area (Å²) in [6.07, 6.45) is 18.7. The highest BCUT2D eigenvalue weighted by Gasteiger charge is 2.10. The molecule has 0 saturated carbocycles. The van der Waals surface area contributed by atoms with Crippen molar-refractivity contribution < 1.29 is 14.3 Å². The maximum absolute atomic E-state index is 11.4. The molecule has 0 aromatic rings. The van der Waals surface area contributed by atoms with Crippen molar-refractivity contribution in [3.63, 3.8) is 0 Å². The molecular weight excluding hydrogens is 336 g/mol. The second-order valence-electron chi connectivity index (χ2n) is 7.97. The molecule has 160 valence electrons. The molecule has 27 heavy (non-hydrogen) atoms. The smallest absolute Gasteiger partial charge is 0.333 e. The molecular formula is C24H46O3. The predicted molar refractivity (Wildman–Crippen MR) is 116 cm³/mol. The molecule has 0 aliphatic carbocycles. The molecule has 0 spiro atoms. The quantitative estimate of drug-likeness (QED) is 0.126. The second kappa shape index (κ2) is 19.9. The Morgan fingerprint density at radius 2 is 1.26 bits per heavy atom. The zero-order valence-electron chi connectivity index (χ0n) is 18.5. The van der Waals surface area contributed by atoms with Gasteiger partial charge >= 0.3 is 5.97 Å². The highest BCUT2D eigenvalue weighted by molar-refractivity contribution is 5.86. The predicted octanol–water partition coefficient (Wildman–Crippen LogP) is 7.24. The van der Waals surface area contributed by atoms with Crippen LogP contribution in [-0.2, 0) is 14.3 Å². The second-order valence-corrected chi connectivity index (χ2v) is 7.97. The largest absolute Gasteiger partial charge is 0.460 e. The van der Waals surface area contributed by atoms with E-state index in [9.17, 15) is 4.79 Å². The molecule has 3 heteroatoms. The number of rotatable bonds is 20. The van der Waals surface area contributed by atoms with Gasteiger partial charge in [-0.25, -0.2) is 4.79 Å². The molecule has 0 amide bonds. The van der Waals surface area contributed by atoms with E-state index in [0.717, 1.165) is 6.61 Å². The van der Waals surface area contributed by atoms with Gasteiger partial charge in [-0.3, -0.25) is 0 Å². The highest BCUT2D eigenvalue weighted by Crippen LogP contribution is 2.19. The Balaban J connectivity index is 3.92. The summed E-state index contributed by atoms with van der Waals surface area (Å²) in [4.78, 5) is 11.4. The van der Waals surface area contributed by atoms with Crippen molar-refractivity contribution in [3.8, 4) is 0 Å². The van der Waals surface area contributed by atoms with E-state index in [-0.39, 0.29) is 5.97 Å². The van der Waals surface area contributed by atoms with Gasteiger partial charge in [0.1, 0.15) is 6.61 Å². The molecule has 0 heterocycles. The third-order valence-electron chi connectivity index (χ3n) is 5.09. The Morgan fingerprint density at radius 1 is 0.778 bits per heavy atom. The molecule has 0 N–H and O–H groups in total. The van der Waals surface area contributed by atoms with Crippen molar-refractivity contribution in [2.45, 2.75) is 111 Å². The Labute approximate surface area is 169 Å². The lowest BCUT2D eigenvalue weighted by Gasteiger charge is -2.17. The minimum absolute atomic E-state index is 0.325. The first kappa shape index (κ1) is 26.2. The first-order chi connectivity index (χ1) is 13.1. The number of hydrogen-bond donors (Lipinski definition) is 0. The number of esters is 1. The SMILES string of the molecule is C=C(C)C(=O)OCCOCC(CCCCCCCC)CCCCCCCC. The zero-order chi connectivity index (χ0) is 20.2. The van der Waals surface area contributed by atoms with Gasteiger partial charge in [0.25, 0.3) is 0 Å². The number of carbonyl (C=O) groups is 1. The van der Waals surface area contributed by atoms with E-state index < -0.39 is 0 Å². The Kier molecular flexibility index (Phi) is 19.3. The van der Waals surface area contributed by atoms with E-state index in [2.05, 4.69) is 20.4 Å². The van der Waals surface area contributed by atoms with Crippen molar-refractivity contribution >= 4 is 5.97 Å². The lowest BCUT2D eigenvalue weighted by molar-refractivity contribution is -0.140. The van der Waals surface area contributed by atoms with Crippen LogP contribution < -0.4 is 0 Å². The molecule has 0 saturated heterocycles. The van der Waals surface area contributed by atoms with Crippen LogP contribution in [0.4, 0.5) is 0 Å². The van der Waals surface area contributed by atoms with Crippen LogP contribution in [0.1, 0.15) is 111 Å². The Hall–Kier alpha value is -0.830. The minimum atomic E-state index is -0.325. The number of carbonyl (C=O) groups excluding carboxylic acids is 1. The van der Waals surface area contributed by atoms with Gasteiger partial charge in [0.05, 0.1) is 6.61 Å². The van der Waals surface area contributed by atoms with Crippen LogP contribution in [0.2, 0.25) is 0 Å². The normalized spacial score (nSPS) is 11.1.